The second-order valence-electron chi connectivity index (χ2n) is 3.33. The van der Waals surface area contributed by atoms with E-state index in [1.165, 1.54) is 6.07 Å². The van der Waals surface area contributed by atoms with Crippen LogP contribution in [-0.2, 0) is 16.0 Å². The molecule has 1 aromatic heterocycles. The summed E-state index contributed by atoms with van der Waals surface area (Å²) in [5, 5.41) is 0. The van der Waals surface area contributed by atoms with Crippen molar-refractivity contribution in [1.82, 2.24) is 9.55 Å². The molecule has 1 aliphatic heterocycles. The lowest BCUT2D eigenvalue weighted by molar-refractivity contribution is -0.0938. The molecule has 0 aliphatic carbocycles. The van der Waals surface area contributed by atoms with Crippen molar-refractivity contribution in [1.29, 1.82) is 0 Å². The van der Waals surface area contributed by atoms with Gasteiger partial charge in [0.25, 0.3) is 5.56 Å². The van der Waals surface area contributed by atoms with Gasteiger partial charge in [0.2, 0.25) is 0 Å². The molecule has 0 spiro atoms. The Labute approximate surface area is 91.6 Å². The van der Waals surface area contributed by atoms with Crippen molar-refractivity contribution in [3.05, 3.63) is 27.4 Å². The van der Waals surface area contributed by atoms with E-state index < -0.39 is 0 Å². The van der Waals surface area contributed by atoms with Gasteiger partial charge < -0.3 is 14.0 Å². The summed E-state index contributed by atoms with van der Waals surface area (Å²) < 4.78 is 12.9. The van der Waals surface area contributed by atoms with E-state index in [4.69, 9.17) is 21.7 Å². The van der Waals surface area contributed by atoms with Crippen LogP contribution in [0.15, 0.2) is 17.1 Å². The third-order valence-corrected chi connectivity index (χ3v) is 2.52. The molecule has 6 heteroatoms. The molecule has 1 aromatic rings. The Kier molecular flexibility index (Phi) is 3.30. The van der Waals surface area contributed by atoms with E-state index in [-0.39, 0.29) is 11.7 Å². The van der Waals surface area contributed by atoms with E-state index in [1.54, 1.807) is 10.8 Å². The van der Waals surface area contributed by atoms with Gasteiger partial charge in [-0.05, 0) is 12.2 Å². The fourth-order valence-corrected chi connectivity index (χ4v) is 1.69. The van der Waals surface area contributed by atoms with E-state index in [9.17, 15) is 4.79 Å². The summed E-state index contributed by atoms with van der Waals surface area (Å²) in [6.07, 6.45) is 1.68. The normalized spacial score (nSPS) is 21.5. The SMILES string of the molecule is O=c1ccn(CC2COCCO2)c(=S)[nH]1. The predicted octanol–water partition coefficient (Wildman–Crippen LogP) is 0.321. The minimum Gasteiger partial charge on any atom is -0.376 e. The highest BCUT2D eigenvalue weighted by atomic mass is 32.1. The third-order valence-electron chi connectivity index (χ3n) is 2.18. The molecule has 5 nitrogen and oxygen atoms in total. The maximum absolute atomic E-state index is 10.9. The van der Waals surface area contributed by atoms with Gasteiger partial charge in [0.15, 0.2) is 4.77 Å². The first-order valence-corrected chi connectivity index (χ1v) is 5.15. The largest absolute Gasteiger partial charge is 0.376 e. The van der Waals surface area contributed by atoms with Crippen LogP contribution in [0.5, 0.6) is 0 Å². The summed E-state index contributed by atoms with van der Waals surface area (Å²) in [5.41, 5.74) is -0.183. The quantitative estimate of drug-likeness (QED) is 0.741. The molecular weight excluding hydrogens is 216 g/mol. The smallest absolute Gasteiger partial charge is 0.251 e. The van der Waals surface area contributed by atoms with Crippen LogP contribution in [0.25, 0.3) is 0 Å². The second kappa shape index (κ2) is 4.69. The minimum absolute atomic E-state index is 0.0105. The molecule has 2 heterocycles. The number of nitrogens with one attached hydrogen (secondary N) is 1. The van der Waals surface area contributed by atoms with Crippen LogP contribution >= 0.6 is 12.2 Å². The molecule has 15 heavy (non-hydrogen) atoms. The summed E-state index contributed by atoms with van der Waals surface area (Å²) in [6, 6.07) is 1.44. The summed E-state index contributed by atoms with van der Waals surface area (Å²) in [5.74, 6) is 0. The van der Waals surface area contributed by atoms with E-state index in [2.05, 4.69) is 4.98 Å². The molecular formula is C9H12N2O3S. The van der Waals surface area contributed by atoms with Crippen LogP contribution in [0, 0.1) is 4.77 Å². The van der Waals surface area contributed by atoms with E-state index in [0.29, 0.717) is 31.1 Å². The monoisotopic (exact) mass is 228 g/mol. The molecule has 1 N–H and O–H groups in total. The summed E-state index contributed by atoms with van der Waals surface area (Å²) >= 11 is 5.02. The first-order valence-electron chi connectivity index (χ1n) is 4.75. The van der Waals surface area contributed by atoms with Gasteiger partial charge in [-0.25, -0.2) is 0 Å². The number of aromatic nitrogens is 2. The lowest BCUT2D eigenvalue weighted by Gasteiger charge is -2.23. The lowest BCUT2D eigenvalue weighted by atomic mass is 10.3. The Hall–Kier alpha value is -0.980. The Morgan fingerprint density at radius 3 is 3.13 bits per heavy atom. The average Bonchev–Trinajstić information content (AvgIpc) is 2.24. The molecule has 0 amide bonds. The summed E-state index contributed by atoms with van der Waals surface area (Å²) in [7, 11) is 0. The van der Waals surface area contributed by atoms with Gasteiger partial charge in [-0.2, -0.15) is 0 Å². The molecule has 0 bridgehead atoms. The topological polar surface area (TPSA) is 56.2 Å². The van der Waals surface area contributed by atoms with Crippen molar-refractivity contribution in [2.24, 2.45) is 0 Å². The van der Waals surface area contributed by atoms with Crippen molar-refractivity contribution in [2.45, 2.75) is 12.6 Å². The van der Waals surface area contributed by atoms with Gasteiger partial charge in [0.05, 0.1) is 32.5 Å². The summed E-state index contributed by atoms with van der Waals surface area (Å²) in [6.45, 7) is 2.44. The zero-order valence-electron chi connectivity index (χ0n) is 8.14. The average molecular weight is 228 g/mol. The first-order chi connectivity index (χ1) is 7.25. The Bertz CT molecular complexity index is 433. The maximum atomic E-state index is 10.9. The van der Waals surface area contributed by atoms with Gasteiger partial charge in [0, 0.05) is 12.3 Å². The number of rotatable bonds is 2. The molecule has 82 valence electrons. The van der Waals surface area contributed by atoms with Gasteiger partial charge in [0.1, 0.15) is 0 Å². The Morgan fingerprint density at radius 2 is 2.47 bits per heavy atom. The maximum Gasteiger partial charge on any atom is 0.251 e. The Morgan fingerprint density at radius 1 is 1.60 bits per heavy atom. The number of hydrogen-bond donors (Lipinski definition) is 1. The van der Waals surface area contributed by atoms with E-state index in [0.717, 1.165) is 0 Å². The molecule has 1 aliphatic rings. The van der Waals surface area contributed by atoms with Gasteiger partial charge >= 0.3 is 0 Å². The number of aromatic amines is 1. The predicted molar refractivity (Wildman–Crippen MR) is 56.4 cm³/mol. The fourth-order valence-electron chi connectivity index (χ4n) is 1.45. The molecule has 1 saturated heterocycles. The number of ether oxygens (including phenoxy) is 2. The molecule has 2 rings (SSSR count). The molecule has 1 atom stereocenters. The van der Waals surface area contributed by atoms with Crippen molar-refractivity contribution >= 4 is 12.2 Å². The Balaban J connectivity index is 2.09. The van der Waals surface area contributed by atoms with Crippen LogP contribution in [0.2, 0.25) is 0 Å². The van der Waals surface area contributed by atoms with Crippen molar-refractivity contribution in [3.63, 3.8) is 0 Å². The van der Waals surface area contributed by atoms with Crippen LogP contribution in [0.3, 0.4) is 0 Å². The molecule has 1 fully saturated rings. The number of hydrogen-bond acceptors (Lipinski definition) is 4. The number of H-pyrrole nitrogens is 1. The molecule has 0 aromatic carbocycles. The number of nitrogens with zero attached hydrogens (tertiary/aromatic N) is 1. The highest BCUT2D eigenvalue weighted by molar-refractivity contribution is 7.71. The van der Waals surface area contributed by atoms with Gasteiger partial charge in [-0.15, -0.1) is 0 Å². The van der Waals surface area contributed by atoms with Crippen molar-refractivity contribution < 1.29 is 9.47 Å². The summed E-state index contributed by atoms with van der Waals surface area (Å²) in [4.78, 5) is 13.5. The van der Waals surface area contributed by atoms with Crippen LogP contribution in [-0.4, -0.2) is 35.5 Å². The van der Waals surface area contributed by atoms with Crippen molar-refractivity contribution in [2.75, 3.05) is 19.8 Å². The molecule has 0 radical (unpaired) electrons. The van der Waals surface area contributed by atoms with Gasteiger partial charge in [-0.3, -0.25) is 9.78 Å². The van der Waals surface area contributed by atoms with Crippen LogP contribution in [0.1, 0.15) is 0 Å². The highest BCUT2D eigenvalue weighted by Crippen LogP contribution is 2.03. The van der Waals surface area contributed by atoms with E-state index >= 15 is 0 Å². The van der Waals surface area contributed by atoms with Crippen molar-refractivity contribution in [3.8, 4) is 0 Å². The highest BCUT2D eigenvalue weighted by Gasteiger charge is 2.14. The van der Waals surface area contributed by atoms with Crippen LogP contribution in [0.4, 0.5) is 0 Å². The second-order valence-corrected chi connectivity index (χ2v) is 3.72. The zero-order valence-corrected chi connectivity index (χ0v) is 8.96. The lowest BCUT2D eigenvalue weighted by Crippen LogP contribution is -2.32. The third kappa shape index (κ3) is 2.74. The van der Waals surface area contributed by atoms with E-state index in [1.807, 2.05) is 0 Å². The van der Waals surface area contributed by atoms with Crippen LogP contribution < -0.4 is 5.56 Å². The minimum atomic E-state index is -0.183. The zero-order chi connectivity index (χ0) is 10.7. The first kappa shape index (κ1) is 10.5. The molecule has 0 saturated carbocycles. The van der Waals surface area contributed by atoms with Gasteiger partial charge in [-0.1, -0.05) is 0 Å². The molecule has 1 unspecified atom stereocenters. The fraction of sp³-hybridized carbons (Fsp3) is 0.556. The standard InChI is InChI=1S/C9H12N2O3S/c12-8-1-2-11(9(15)10-8)5-7-6-13-3-4-14-7/h1-2,7H,3-6H2,(H,10,12,15).